The van der Waals surface area contributed by atoms with Crippen molar-refractivity contribution in [3.05, 3.63) is 21.3 Å². The summed E-state index contributed by atoms with van der Waals surface area (Å²) in [6.45, 7) is 1.48. The lowest BCUT2D eigenvalue weighted by atomic mass is 10.3. The van der Waals surface area contributed by atoms with Gasteiger partial charge in [0, 0.05) is 24.4 Å². The first-order chi connectivity index (χ1) is 9.51. The maximum Gasteiger partial charge on any atom is 0.305 e. The van der Waals surface area contributed by atoms with E-state index in [9.17, 15) is 9.59 Å². The third-order valence-electron chi connectivity index (χ3n) is 2.58. The molecule has 0 spiro atoms. The first kappa shape index (κ1) is 16.9. The Bertz CT molecular complexity index is 451. The molecular weight excluding hydrogens is 300 g/mol. The molecule has 0 bridgehead atoms. The summed E-state index contributed by atoms with van der Waals surface area (Å²) in [6, 6.07) is 3.81. The van der Waals surface area contributed by atoms with Crippen LogP contribution >= 0.6 is 22.9 Å². The van der Waals surface area contributed by atoms with Gasteiger partial charge in [0.15, 0.2) is 0 Å². The first-order valence-electron chi connectivity index (χ1n) is 6.27. The number of ether oxygens (including phenoxy) is 1. The van der Waals surface area contributed by atoms with Gasteiger partial charge in [-0.15, -0.1) is 11.3 Å². The second-order valence-electron chi connectivity index (χ2n) is 4.41. The van der Waals surface area contributed by atoms with E-state index in [0.717, 1.165) is 9.21 Å². The Morgan fingerprint density at radius 1 is 1.45 bits per heavy atom. The zero-order chi connectivity index (χ0) is 15.0. The highest BCUT2D eigenvalue weighted by Crippen LogP contribution is 2.22. The minimum absolute atomic E-state index is 0.0555. The highest BCUT2D eigenvalue weighted by Gasteiger charge is 2.08. The van der Waals surface area contributed by atoms with Gasteiger partial charge in [-0.1, -0.05) is 11.6 Å². The van der Waals surface area contributed by atoms with Crippen LogP contribution in [-0.4, -0.2) is 44.0 Å². The van der Waals surface area contributed by atoms with Crippen molar-refractivity contribution < 1.29 is 14.3 Å². The molecule has 1 aromatic heterocycles. The number of rotatable bonds is 8. The summed E-state index contributed by atoms with van der Waals surface area (Å²) in [5, 5.41) is 2.77. The summed E-state index contributed by atoms with van der Waals surface area (Å²) < 4.78 is 5.27. The summed E-state index contributed by atoms with van der Waals surface area (Å²) in [4.78, 5) is 25.6. The second kappa shape index (κ2) is 8.94. The van der Waals surface area contributed by atoms with E-state index >= 15 is 0 Å². The molecule has 0 aromatic carbocycles. The first-order valence-corrected chi connectivity index (χ1v) is 7.47. The molecule has 0 aliphatic rings. The van der Waals surface area contributed by atoms with Crippen LogP contribution in [0.2, 0.25) is 4.34 Å². The van der Waals surface area contributed by atoms with Gasteiger partial charge < -0.3 is 10.1 Å². The molecular formula is C13H19ClN2O3S. The molecule has 5 nitrogen and oxygen atoms in total. The number of amides is 1. The summed E-state index contributed by atoms with van der Waals surface area (Å²) in [5.41, 5.74) is 0. The number of carbonyl (C=O) groups is 2. The Balaban J connectivity index is 2.16. The van der Waals surface area contributed by atoms with E-state index in [2.05, 4.69) is 10.1 Å². The second-order valence-corrected chi connectivity index (χ2v) is 6.21. The molecule has 0 unspecified atom stereocenters. The molecule has 0 radical (unpaired) electrons. The van der Waals surface area contributed by atoms with Crippen LogP contribution in [0.4, 0.5) is 0 Å². The van der Waals surface area contributed by atoms with Gasteiger partial charge >= 0.3 is 5.97 Å². The topological polar surface area (TPSA) is 58.6 Å². The summed E-state index contributed by atoms with van der Waals surface area (Å²) in [6.07, 6.45) is 0.906. The van der Waals surface area contributed by atoms with Crippen LogP contribution in [0, 0.1) is 0 Å². The zero-order valence-electron chi connectivity index (χ0n) is 11.6. The number of likely N-dealkylation sites (N-methyl/N-ethyl adjacent to an activating group) is 1. The number of thiophene rings is 1. The fourth-order valence-corrected chi connectivity index (χ4v) is 2.79. The molecule has 1 heterocycles. The molecule has 0 fully saturated rings. The van der Waals surface area contributed by atoms with Crippen molar-refractivity contribution in [3.8, 4) is 0 Å². The molecule has 1 rings (SSSR count). The number of hydrogen-bond donors (Lipinski definition) is 1. The van der Waals surface area contributed by atoms with E-state index in [0.29, 0.717) is 32.5 Å². The van der Waals surface area contributed by atoms with Gasteiger partial charge in [-0.25, -0.2) is 0 Å². The monoisotopic (exact) mass is 318 g/mol. The number of carbonyl (C=O) groups excluding carboxylic acids is 2. The molecule has 112 valence electrons. The average Bonchev–Trinajstić information content (AvgIpc) is 2.79. The molecule has 20 heavy (non-hydrogen) atoms. The highest BCUT2D eigenvalue weighted by atomic mass is 35.5. The minimum Gasteiger partial charge on any atom is -0.469 e. The average molecular weight is 319 g/mol. The van der Waals surface area contributed by atoms with Gasteiger partial charge in [-0.2, -0.15) is 0 Å². The lowest BCUT2D eigenvalue weighted by molar-refractivity contribution is -0.140. The summed E-state index contributed by atoms with van der Waals surface area (Å²) in [7, 11) is 3.23. The van der Waals surface area contributed by atoms with E-state index in [1.54, 1.807) is 0 Å². The van der Waals surface area contributed by atoms with Gasteiger partial charge in [0.25, 0.3) is 0 Å². The molecule has 0 aliphatic heterocycles. The van der Waals surface area contributed by atoms with Crippen LogP contribution < -0.4 is 5.32 Å². The van der Waals surface area contributed by atoms with Crippen molar-refractivity contribution in [1.29, 1.82) is 0 Å². The number of halogens is 1. The van der Waals surface area contributed by atoms with Gasteiger partial charge in [-0.05, 0) is 25.6 Å². The van der Waals surface area contributed by atoms with Crippen molar-refractivity contribution >= 4 is 34.8 Å². The normalized spacial score (nSPS) is 10.6. The Labute approximate surface area is 127 Å². The number of nitrogens with one attached hydrogen (secondary N) is 1. The predicted molar refractivity (Wildman–Crippen MR) is 79.9 cm³/mol. The summed E-state index contributed by atoms with van der Waals surface area (Å²) >= 11 is 7.37. The van der Waals surface area contributed by atoms with E-state index in [-0.39, 0.29) is 11.9 Å². The Morgan fingerprint density at radius 3 is 2.80 bits per heavy atom. The lowest BCUT2D eigenvalue weighted by Crippen LogP contribution is -2.35. The maximum absolute atomic E-state index is 11.7. The van der Waals surface area contributed by atoms with Gasteiger partial charge in [0.2, 0.25) is 5.91 Å². The number of hydrogen-bond acceptors (Lipinski definition) is 5. The largest absolute Gasteiger partial charge is 0.469 e. The molecule has 0 aliphatic carbocycles. The van der Waals surface area contributed by atoms with E-state index < -0.39 is 0 Å². The van der Waals surface area contributed by atoms with E-state index in [1.807, 2.05) is 24.1 Å². The predicted octanol–water partition coefficient (Wildman–Crippen LogP) is 1.90. The van der Waals surface area contributed by atoms with Crippen LogP contribution in [0.3, 0.4) is 0 Å². The third-order valence-corrected chi connectivity index (χ3v) is 3.79. The highest BCUT2D eigenvalue weighted by molar-refractivity contribution is 7.16. The molecule has 1 aromatic rings. The van der Waals surface area contributed by atoms with Crippen molar-refractivity contribution in [2.75, 3.05) is 27.2 Å². The van der Waals surface area contributed by atoms with E-state index in [4.69, 9.17) is 11.6 Å². The number of nitrogens with zero attached hydrogens (tertiary/aromatic N) is 1. The SMILES string of the molecule is COC(=O)CCCNC(=O)CN(C)Cc1ccc(Cl)s1. The smallest absolute Gasteiger partial charge is 0.305 e. The maximum atomic E-state index is 11.7. The van der Waals surface area contributed by atoms with E-state index in [1.165, 1.54) is 18.4 Å². The van der Waals surface area contributed by atoms with Crippen LogP contribution in [0.5, 0.6) is 0 Å². The Hall–Kier alpha value is -1.11. The zero-order valence-corrected chi connectivity index (χ0v) is 13.2. The van der Waals surface area contributed by atoms with Crippen LogP contribution in [-0.2, 0) is 20.9 Å². The van der Waals surface area contributed by atoms with Crippen LogP contribution in [0.1, 0.15) is 17.7 Å². The molecule has 0 atom stereocenters. The molecule has 1 amide bonds. The van der Waals surface area contributed by atoms with Crippen molar-refractivity contribution in [2.45, 2.75) is 19.4 Å². The molecule has 1 N–H and O–H groups in total. The fraction of sp³-hybridized carbons (Fsp3) is 0.538. The van der Waals surface area contributed by atoms with Crippen LogP contribution in [0.15, 0.2) is 12.1 Å². The quantitative estimate of drug-likeness (QED) is 0.587. The van der Waals surface area contributed by atoms with Crippen molar-refractivity contribution in [3.63, 3.8) is 0 Å². The number of esters is 1. The fourth-order valence-electron chi connectivity index (χ4n) is 1.62. The van der Waals surface area contributed by atoms with Gasteiger partial charge in [0.05, 0.1) is 18.0 Å². The van der Waals surface area contributed by atoms with Crippen LogP contribution in [0.25, 0.3) is 0 Å². The standard InChI is InChI=1S/C13H19ClN2O3S/c1-16(8-10-5-6-11(14)20-10)9-12(17)15-7-3-4-13(18)19-2/h5-6H,3-4,7-9H2,1-2H3,(H,15,17). The van der Waals surface area contributed by atoms with Crippen molar-refractivity contribution in [1.82, 2.24) is 10.2 Å². The molecule has 0 saturated carbocycles. The summed E-state index contributed by atoms with van der Waals surface area (Å²) in [5.74, 6) is -0.314. The number of methoxy groups -OCH3 is 1. The Morgan fingerprint density at radius 2 is 2.20 bits per heavy atom. The Kier molecular flexibility index (Phi) is 7.58. The van der Waals surface area contributed by atoms with Gasteiger partial charge in [0.1, 0.15) is 0 Å². The van der Waals surface area contributed by atoms with Gasteiger partial charge in [-0.3, -0.25) is 14.5 Å². The molecule has 7 heteroatoms. The van der Waals surface area contributed by atoms with Crippen molar-refractivity contribution in [2.24, 2.45) is 0 Å². The molecule has 0 saturated heterocycles. The minimum atomic E-state index is -0.258. The third kappa shape index (κ3) is 6.88. The lowest BCUT2D eigenvalue weighted by Gasteiger charge is -2.15.